The van der Waals surface area contributed by atoms with Gasteiger partial charge in [0.25, 0.3) is 0 Å². The summed E-state index contributed by atoms with van der Waals surface area (Å²) in [7, 11) is -5.27. The van der Waals surface area contributed by atoms with Crippen molar-refractivity contribution in [2.45, 2.75) is 232 Å². The molecule has 8 aromatic rings. The maximum atomic E-state index is 12.9. The first-order valence-electron chi connectivity index (χ1n) is 40.1. The summed E-state index contributed by atoms with van der Waals surface area (Å²) in [5.74, 6) is 2.22. The fraction of sp³-hybridized carbons (Fsp3) is 0.571. The van der Waals surface area contributed by atoms with E-state index in [1.807, 2.05) is 134 Å². The molecule has 28 heteroatoms. The third kappa shape index (κ3) is 27.1. The summed E-state index contributed by atoms with van der Waals surface area (Å²) in [6, 6.07) is 37.2. The van der Waals surface area contributed by atoms with Gasteiger partial charge in [0.2, 0.25) is 0 Å². The molecule has 3 aliphatic heterocycles. The minimum absolute atomic E-state index is 0.163. The van der Waals surface area contributed by atoms with Gasteiger partial charge in [-0.3, -0.25) is 9.97 Å². The van der Waals surface area contributed by atoms with Crippen molar-refractivity contribution in [1.29, 1.82) is 0 Å². The number of likely N-dealkylation sites (tertiary alicyclic amines) is 2. The largest absolute Gasteiger partial charge is 0.496 e. The molecule has 0 aliphatic carbocycles. The molecule has 3 aliphatic rings. The number of carbonyl (C=O) groups excluding carboxylic acids is 2. The lowest BCUT2D eigenvalue weighted by molar-refractivity contribution is 0.00578. The Hall–Kier alpha value is -6.46. The predicted octanol–water partition coefficient (Wildman–Crippen LogP) is 18.9. The van der Waals surface area contributed by atoms with Crippen LogP contribution in [0.25, 0.3) is 44.9 Å². The van der Waals surface area contributed by atoms with Crippen LogP contribution < -0.4 is 15.3 Å². The molecule has 3 fully saturated rings. The molecule has 11 rings (SSSR count). The first-order chi connectivity index (χ1) is 52.5. The number of fused-ring (bicyclic) bond motifs is 2. The zero-order valence-corrected chi connectivity index (χ0v) is 77.4. The Morgan fingerprint density at radius 1 is 0.491 bits per heavy atom. The highest BCUT2D eigenvalue weighted by atomic mass is 127. The maximum Gasteiger partial charge on any atom is 0.496 e. The van der Waals surface area contributed by atoms with Crippen LogP contribution in [0.1, 0.15) is 118 Å². The molecule has 112 heavy (non-hydrogen) atoms. The van der Waals surface area contributed by atoms with Crippen molar-refractivity contribution in [1.82, 2.24) is 49.0 Å². The van der Waals surface area contributed by atoms with E-state index in [-0.39, 0.29) is 42.3 Å². The molecule has 0 unspecified atom stereocenters. The Bertz CT molecular complexity index is 4240. The Kier molecular flexibility index (Phi) is 30.8. The lowest BCUT2D eigenvalue weighted by Crippen LogP contribution is -2.41. The quantitative estimate of drug-likeness (QED) is 0.0193. The first kappa shape index (κ1) is 89.5. The number of aromatic nitrogens is 8. The number of hydrogen-bond donors (Lipinski definition) is 0. The summed E-state index contributed by atoms with van der Waals surface area (Å²) in [4.78, 5) is 53.1. The molecular formula is C84H128BIN12O10Si4. The second-order valence-corrected chi connectivity index (χ2v) is 61.4. The van der Waals surface area contributed by atoms with Crippen LogP contribution in [0.4, 0.5) is 21.2 Å². The van der Waals surface area contributed by atoms with Crippen LogP contribution in [0, 0.1) is 3.57 Å². The molecule has 6 aromatic heterocycles. The van der Waals surface area contributed by atoms with Crippen LogP contribution in [-0.4, -0.2) is 202 Å². The van der Waals surface area contributed by atoms with Crippen molar-refractivity contribution < 1.29 is 47.3 Å². The standard InChI is InChI=1S/C39H58N6O4Si2.C28H50IN5O4Si2.C17H20BNO2/c1-39(2,3)49-38(46)43-19-17-31(18-20-43)35-25-36(44(28-47-21-23-50(4,5)6)29-48-22-24-51(7,8)9)45-37(42-35)33(27-41-45)32-15-16-34(40-26-32)30-13-11-10-12-14-30;1-28(2,3)38-27(35)32-12-10-22(11-13-32)24-18-25(34-26(31-24)23(29)19-30-34)33(20-36-14-16-39(4,5)6)21-37-15-17-40(7,8)9;1-16(2)17(3,4)21-18(20-16)14-10-11-15(19-12-14)13-8-6-5-7-9-13/h10-16,25-27,31H,17-24,28-29H2,1-9H3;18-19,22H,10-17,20-21H2,1-9H3;5-12H,1-4H3. The Labute approximate surface area is 685 Å². The first-order valence-corrected chi connectivity index (χ1v) is 56.0. The van der Waals surface area contributed by atoms with Gasteiger partial charge in [0.1, 0.15) is 49.8 Å². The summed E-state index contributed by atoms with van der Waals surface area (Å²) in [6.07, 6.45) is 10.2. The minimum atomic E-state index is -1.26. The second kappa shape index (κ2) is 38.5. The number of halogens is 1. The van der Waals surface area contributed by atoms with Gasteiger partial charge in [-0.05, 0) is 154 Å². The Morgan fingerprint density at radius 3 is 1.21 bits per heavy atom. The van der Waals surface area contributed by atoms with Crippen LogP contribution in [0.5, 0.6) is 0 Å². The number of nitrogens with zero attached hydrogens (tertiary/aromatic N) is 12. The van der Waals surface area contributed by atoms with Crippen molar-refractivity contribution in [2.75, 3.05) is 89.3 Å². The van der Waals surface area contributed by atoms with Crippen LogP contribution >= 0.6 is 22.6 Å². The van der Waals surface area contributed by atoms with Crippen molar-refractivity contribution in [3.63, 3.8) is 0 Å². The maximum absolute atomic E-state index is 12.9. The van der Waals surface area contributed by atoms with Crippen molar-refractivity contribution in [2.24, 2.45) is 0 Å². The highest BCUT2D eigenvalue weighted by Gasteiger charge is 2.52. The zero-order chi connectivity index (χ0) is 81.6. The summed E-state index contributed by atoms with van der Waals surface area (Å²) in [6.45, 7) is 55.1. The molecule has 2 aromatic carbocycles. The average Bonchev–Trinajstić information content (AvgIpc) is 1.60. The summed E-state index contributed by atoms with van der Waals surface area (Å²) in [5, 5.41) is 9.57. The number of amides is 2. The summed E-state index contributed by atoms with van der Waals surface area (Å²) < 4.78 is 53.3. The van der Waals surface area contributed by atoms with E-state index in [1.54, 1.807) is 0 Å². The molecule has 0 saturated carbocycles. The van der Waals surface area contributed by atoms with Crippen LogP contribution in [0.3, 0.4) is 0 Å². The molecule has 0 atom stereocenters. The lowest BCUT2D eigenvalue weighted by Gasteiger charge is -2.33. The lowest BCUT2D eigenvalue weighted by atomic mass is 9.80. The number of hydrogen-bond acceptors (Lipinski definition) is 18. The molecule has 0 N–H and O–H groups in total. The van der Waals surface area contributed by atoms with Crippen LogP contribution in [-0.2, 0) is 37.7 Å². The minimum Gasteiger partial charge on any atom is -0.444 e. The van der Waals surface area contributed by atoms with Gasteiger partial charge in [0.05, 0.1) is 38.6 Å². The Balaban J connectivity index is 0.000000209. The molecule has 2 amide bonds. The normalized spacial score (nSPS) is 15.9. The van der Waals surface area contributed by atoms with Gasteiger partial charge >= 0.3 is 19.3 Å². The molecule has 9 heterocycles. The number of rotatable bonds is 28. The average molecular weight is 1720 g/mol. The Morgan fingerprint density at radius 2 is 0.857 bits per heavy atom. The van der Waals surface area contributed by atoms with E-state index in [9.17, 15) is 9.59 Å². The summed E-state index contributed by atoms with van der Waals surface area (Å²) >= 11 is 2.30. The highest BCUT2D eigenvalue weighted by Crippen LogP contribution is 2.39. The third-order valence-electron chi connectivity index (χ3n) is 20.2. The smallest absolute Gasteiger partial charge is 0.444 e. The highest BCUT2D eigenvalue weighted by molar-refractivity contribution is 14.1. The monoisotopic (exact) mass is 1710 g/mol. The SMILES string of the molecule is CC(C)(C)OC(=O)N1CCC(c2cc(N(COCC[Si](C)(C)C)COCC[Si](C)(C)C)n3ncc(-c4ccc(-c5ccccc5)nc4)c3n2)CC1.CC(C)(C)OC(=O)N1CCC(c2cc(N(COCC[Si](C)(C)C)COCC[Si](C)(C)C)n3ncc(I)c3n2)CC1.CC1(C)OB(c2ccc(-c3ccccc3)nc2)OC1(C)C. The number of piperidine rings is 2. The van der Waals surface area contributed by atoms with Crippen molar-refractivity contribution in [3.05, 3.63) is 137 Å². The fourth-order valence-electron chi connectivity index (χ4n) is 12.5. The van der Waals surface area contributed by atoms with E-state index in [0.717, 1.165) is 140 Å². The van der Waals surface area contributed by atoms with Gasteiger partial charge in [-0.15, -0.1) is 0 Å². The molecule has 0 bridgehead atoms. The molecule has 22 nitrogen and oxygen atoms in total. The van der Waals surface area contributed by atoms with Crippen molar-refractivity contribution in [3.8, 4) is 33.6 Å². The zero-order valence-electron chi connectivity index (χ0n) is 71.2. The van der Waals surface area contributed by atoms with Crippen molar-refractivity contribution >= 4 is 103 Å². The molecular weight excluding hydrogens is 1590 g/mol. The van der Waals surface area contributed by atoms with E-state index >= 15 is 0 Å². The molecule has 3 saturated heterocycles. The fourth-order valence-corrected chi connectivity index (χ4v) is 16.0. The topological polar surface area (TPSA) is 207 Å². The van der Waals surface area contributed by atoms with E-state index in [0.29, 0.717) is 66.3 Å². The van der Waals surface area contributed by atoms with Gasteiger partial charge in [-0.1, -0.05) is 151 Å². The molecule has 610 valence electrons. The number of carbonyl (C=O) groups is 2. The molecule has 0 radical (unpaired) electrons. The van der Waals surface area contributed by atoms with Gasteiger partial charge in [0, 0.05) is 160 Å². The van der Waals surface area contributed by atoms with E-state index in [2.05, 4.69) is 197 Å². The number of pyridine rings is 2. The van der Waals surface area contributed by atoms with E-state index in [4.69, 9.17) is 57.8 Å². The predicted molar refractivity (Wildman–Crippen MR) is 473 cm³/mol. The third-order valence-corrected chi connectivity index (χ3v) is 27.8. The van der Waals surface area contributed by atoms with E-state index < -0.39 is 43.5 Å². The van der Waals surface area contributed by atoms with Gasteiger partial charge in [0.15, 0.2) is 11.3 Å². The number of benzene rings is 2. The van der Waals surface area contributed by atoms with Gasteiger partial charge < -0.3 is 57.3 Å². The second-order valence-electron chi connectivity index (χ2n) is 37.8. The number of anilines is 2. The van der Waals surface area contributed by atoms with E-state index in [1.165, 1.54) is 0 Å². The number of ether oxygens (including phenoxy) is 6. The van der Waals surface area contributed by atoms with Gasteiger partial charge in [-0.25, -0.2) is 19.6 Å². The van der Waals surface area contributed by atoms with Crippen LogP contribution in [0.2, 0.25) is 103 Å². The summed E-state index contributed by atoms with van der Waals surface area (Å²) in [5.41, 5.74) is 8.81. The van der Waals surface area contributed by atoms with Gasteiger partial charge in [-0.2, -0.15) is 19.2 Å². The molecule has 0 spiro atoms. The van der Waals surface area contributed by atoms with Crippen LogP contribution in [0.15, 0.2) is 122 Å².